The van der Waals surface area contributed by atoms with Crippen LogP contribution >= 0.6 is 23.2 Å². The fraction of sp³-hybridized carbons (Fsp3) is 0.214. The molecule has 0 fully saturated rings. The number of hydrogen-bond donors (Lipinski definition) is 3. The van der Waals surface area contributed by atoms with Gasteiger partial charge in [-0.3, -0.25) is 14.4 Å². The molecule has 0 atom stereocenters. The van der Waals surface area contributed by atoms with Crippen LogP contribution in [-0.2, 0) is 9.59 Å². The molecule has 3 N–H and O–H groups in total. The first-order valence-corrected chi connectivity index (χ1v) is 6.89. The molecule has 0 aromatic heterocycles. The van der Waals surface area contributed by atoms with Gasteiger partial charge >= 0.3 is 0 Å². The quantitative estimate of drug-likeness (QED) is 0.662. The Morgan fingerprint density at radius 1 is 1.05 bits per heavy atom. The summed E-state index contributed by atoms with van der Waals surface area (Å²) >= 11 is 11.6. The van der Waals surface area contributed by atoms with E-state index in [-0.39, 0.29) is 30.2 Å². The average Bonchev–Trinajstić information content (AvgIpc) is 2.48. The van der Waals surface area contributed by atoms with Crippen molar-refractivity contribution in [1.29, 1.82) is 0 Å². The number of nitrogens with one attached hydrogen (secondary N) is 3. The largest absolute Gasteiger partial charge is 0.346 e. The van der Waals surface area contributed by atoms with Crippen LogP contribution in [0.25, 0.3) is 0 Å². The Bertz CT molecular complexity index is 626. The third kappa shape index (κ3) is 6.04. The fourth-order valence-electron chi connectivity index (χ4n) is 1.38. The molecule has 0 aliphatic carbocycles. The van der Waals surface area contributed by atoms with E-state index < -0.39 is 17.7 Å². The van der Waals surface area contributed by atoms with E-state index in [2.05, 4.69) is 21.9 Å². The van der Waals surface area contributed by atoms with Crippen LogP contribution in [0, 0.1) is 12.3 Å². The molecule has 6 nitrogen and oxygen atoms in total. The van der Waals surface area contributed by atoms with Crippen molar-refractivity contribution in [3.8, 4) is 12.3 Å². The molecule has 0 saturated heterocycles. The molecule has 3 amide bonds. The van der Waals surface area contributed by atoms with E-state index in [4.69, 9.17) is 29.6 Å². The number of benzene rings is 1. The van der Waals surface area contributed by atoms with Crippen LogP contribution in [0.2, 0.25) is 10.0 Å². The second-order valence-corrected chi connectivity index (χ2v) is 4.91. The van der Waals surface area contributed by atoms with Crippen molar-refractivity contribution in [3.63, 3.8) is 0 Å². The lowest BCUT2D eigenvalue weighted by atomic mass is 10.2. The van der Waals surface area contributed by atoms with Gasteiger partial charge in [-0.25, -0.2) is 0 Å². The lowest BCUT2D eigenvalue weighted by Crippen LogP contribution is -2.42. The SMILES string of the molecule is C#CCNC(=O)CNC(=O)CNC(=O)c1ccc(Cl)cc1Cl. The number of amides is 3. The molecule has 22 heavy (non-hydrogen) atoms. The van der Waals surface area contributed by atoms with E-state index in [1.165, 1.54) is 18.2 Å². The van der Waals surface area contributed by atoms with E-state index in [1.54, 1.807) is 0 Å². The highest BCUT2D eigenvalue weighted by molar-refractivity contribution is 6.36. The van der Waals surface area contributed by atoms with Gasteiger partial charge in [0.2, 0.25) is 11.8 Å². The Hall–Kier alpha value is -2.23. The van der Waals surface area contributed by atoms with Gasteiger partial charge in [0.1, 0.15) is 0 Å². The van der Waals surface area contributed by atoms with Gasteiger partial charge in [-0.15, -0.1) is 6.42 Å². The number of halogens is 2. The van der Waals surface area contributed by atoms with Crippen LogP contribution in [-0.4, -0.2) is 37.4 Å². The molecule has 116 valence electrons. The number of carbonyl (C=O) groups is 3. The van der Waals surface area contributed by atoms with Gasteiger partial charge in [-0.1, -0.05) is 29.1 Å². The Balaban J connectivity index is 2.39. The van der Waals surface area contributed by atoms with Crippen molar-refractivity contribution in [2.75, 3.05) is 19.6 Å². The molecule has 0 saturated carbocycles. The van der Waals surface area contributed by atoms with Crippen LogP contribution in [0.3, 0.4) is 0 Å². The maximum absolute atomic E-state index is 11.8. The molecular formula is C14H13Cl2N3O3. The van der Waals surface area contributed by atoms with Crippen LogP contribution < -0.4 is 16.0 Å². The van der Waals surface area contributed by atoms with Crippen LogP contribution in [0.5, 0.6) is 0 Å². The second kappa shape index (κ2) is 8.93. The molecule has 0 radical (unpaired) electrons. The second-order valence-electron chi connectivity index (χ2n) is 4.06. The molecular weight excluding hydrogens is 329 g/mol. The number of terminal acetylenes is 1. The summed E-state index contributed by atoms with van der Waals surface area (Å²) in [5, 5.41) is 7.68. The van der Waals surface area contributed by atoms with Crippen LogP contribution in [0.15, 0.2) is 18.2 Å². The summed E-state index contributed by atoms with van der Waals surface area (Å²) in [6.45, 7) is -0.432. The van der Waals surface area contributed by atoms with Crippen LogP contribution in [0.1, 0.15) is 10.4 Å². The van der Waals surface area contributed by atoms with E-state index >= 15 is 0 Å². The molecule has 0 unspecified atom stereocenters. The van der Waals surface area contributed by atoms with Gasteiger partial charge in [0.15, 0.2) is 0 Å². The Morgan fingerprint density at radius 3 is 2.32 bits per heavy atom. The highest BCUT2D eigenvalue weighted by Gasteiger charge is 2.12. The number of rotatable bonds is 6. The number of hydrogen-bond acceptors (Lipinski definition) is 3. The van der Waals surface area contributed by atoms with Gasteiger partial charge in [0.25, 0.3) is 5.91 Å². The lowest BCUT2D eigenvalue weighted by Gasteiger charge is -2.08. The summed E-state index contributed by atoms with van der Waals surface area (Å²) in [6.07, 6.45) is 4.97. The Labute approximate surface area is 137 Å². The molecule has 0 aliphatic heterocycles. The van der Waals surface area contributed by atoms with Crippen molar-refractivity contribution in [2.24, 2.45) is 0 Å². The van der Waals surface area contributed by atoms with E-state index in [9.17, 15) is 14.4 Å². The molecule has 0 spiro atoms. The maximum atomic E-state index is 11.8. The normalized spacial score (nSPS) is 9.50. The maximum Gasteiger partial charge on any atom is 0.253 e. The molecule has 0 heterocycles. The monoisotopic (exact) mass is 341 g/mol. The highest BCUT2D eigenvalue weighted by Crippen LogP contribution is 2.20. The molecule has 0 aliphatic rings. The predicted octanol–water partition coefficient (Wildman–Crippen LogP) is 0.589. The summed E-state index contributed by atoms with van der Waals surface area (Å²) in [7, 11) is 0. The fourth-order valence-corrected chi connectivity index (χ4v) is 1.88. The van der Waals surface area contributed by atoms with E-state index in [0.717, 1.165) is 0 Å². The third-order valence-corrected chi connectivity index (χ3v) is 2.97. The Morgan fingerprint density at radius 2 is 1.68 bits per heavy atom. The Kier molecular flexibility index (Phi) is 7.23. The zero-order valence-corrected chi connectivity index (χ0v) is 12.9. The van der Waals surface area contributed by atoms with Gasteiger partial charge in [0.05, 0.1) is 30.2 Å². The van der Waals surface area contributed by atoms with Crippen LogP contribution in [0.4, 0.5) is 0 Å². The average molecular weight is 342 g/mol. The lowest BCUT2D eigenvalue weighted by molar-refractivity contribution is -0.125. The molecule has 1 aromatic rings. The van der Waals surface area contributed by atoms with E-state index in [0.29, 0.717) is 5.02 Å². The summed E-state index contributed by atoms with van der Waals surface area (Å²) in [6, 6.07) is 4.39. The van der Waals surface area contributed by atoms with Crippen molar-refractivity contribution in [1.82, 2.24) is 16.0 Å². The van der Waals surface area contributed by atoms with Gasteiger partial charge in [-0.05, 0) is 18.2 Å². The van der Waals surface area contributed by atoms with Crippen molar-refractivity contribution < 1.29 is 14.4 Å². The van der Waals surface area contributed by atoms with Gasteiger partial charge in [0, 0.05) is 5.02 Å². The van der Waals surface area contributed by atoms with Crippen molar-refractivity contribution in [3.05, 3.63) is 33.8 Å². The van der Waals surface area contributed by atoms with Gasteiger partial charge in [-0.2, -0.15) is 0 Å². The van der Waals surface area contributed by atoms with E-state index in [1.807, 2.05) is 0 Å². The third-order valence-electron chi connectivity index (χ3n) is 2.42. The van der Waals surface area contributed by atoms with Crippen molar-refractivity contribution in [2.45, 2.75) is 0 Å². The minimum Gasteiger partial charge on any atom is -0.346 e. The summed E-state index contributed by atoms with van der Waals surface area (Å²) in [4.78, 5) is 34.5. The molecule has 0 bridgehead atoms. The first-order valence-electron chi connectivity index (χ1n) is 6.14. The van der Waals surface area contributed by atoms with Gasteiger partial charge < -0.3 is 16.0 Å². The number of carbonyl (C=O) groups excluding carboxylic acids is 3. The minimum atomic E-state index is -0.520. The summed E-state index contributed by atoms with van der Waals surface area (Å²) < 4.78 is 0. The smallest absolute Gasteiger partial charge is 0.253 e. The highest BCUT2D eigenvalue weighted by atomic mass is 35.5. The summed E-state index contributed by atoms with van der Waals surface area (Å²) in [5.41, 5.74) is 0.200. The molecule has 1 aromatic carbocycles. The first kappa shape index (κ1) is 17.8. The van der Waals surface area contributed by atoms with Crippen molar-refractivity contribution >= 4 is 40.9 Å². The minimum absolute atomic E-state index is 0.0838. The standard InChI is InChI=1S/C14H13Cl2N3O3/c1-2-5-17-12(20)7-18-13(21)8-19-14(22)10-4-3-9(15)6-11(10)16/h1,3-4,6H,5,7-8H2,(H,17,20)(H,18,21)(H,19,22). The molecule has 1 rings (SSSR count). The summed E-state index contributed by atoms with van der Waals surface area (Å²) in [5.74, 6) is 0.773. The first-order chi connectivity index (χ1) is 10.4. The molecule has 8 heteroatoms. The zero-order valence-electron chi connectivity index (χ0n) is 11.4. The topological polar surface area (TPSA) is 87.3 Å². The zero-order chi connectivity index (χ0) is 16.5. The predicted molar refractivity (Wildman–Crippen MR) is 83.6 cm³/mol.